The molecule has 0 spiro atoms. The second-order valence-corrected chi connectivity index (χ2v) is 8.61. The van der Waals surface area contributed by atoms with Crippen molar-refractivity contribution in [3.63, 3.8) is 0 Å². The van der Waals surface area contributed by atoms with E-state index in [2.05, 4.69) is 0 Å². The van der Waals surface area contributed by atoms with Gasteiger partial charge >= 0.3 is 0 Å². The van der Waals surface area contributed by atoms with Gasteiger partial charge in [0, 0.05) is 15.5 Å². The van der Waals surface area contributed by atoms with Crippen LogP contribution in [0.2, 0.25) is 5.02 Å². The number of halogens is 1. The molecule has 5 nitrogen and oxygen atoms in total. The number of thiophene rings is 1. The van der Waals surface area contributed by atoms with Gasteiger partial charge in [0.1, 0.15) is 6.04 Å². The van der Waals surface area contributed by atoms with Crippen molar-refractivity contribution in [1.29, 1.82) is 0 Å². The number of hydrogen-bond donors (Lipinski definition) is 0. The van der Waals surface area contributed by atoms with Crippen LogP contribution in [0.3, 0.4) is 0 Å². The Morgan fingerprint density at radius 3 is 2.43 bits per heavy atom. The molecule has 152 valence electrons. The van der Waals surface area contributed by atoms with E-state index in [4.69, 9.17) is 11.6 Å². The second kappa shape index (κ2) is 8.42. The quantitative estimate of drug-likeness (QED) is 0.543. The minimum atomic E-state index is -0.857. The number of benzene rings is 2. The van der Waals surface area contributed by atoms with Crippen LogP contribution in [0.5, 0.6) is 0 Å². The van der Waals surface area contributed by atoms with Gasteiger partial charge in [-0.1, -0.05) is 35.4 Å². The van der Waals surface area contributed by atoms with Crippen LogP contribution in [0.15, 0.2) is 66.0 Å². The predicted octanol–water partition coefficient (Wildman–Crippen LogP) is 4.68. The standard InChI is InChI=1S/C23H19ClN2O3S/c1-15-4-6-16(7-5-15)22(28)25(14-19-3-2-12-30-19)20-13-21(27)26(23(20)29)18-10-8-17(24)9-11-18/h2-12,20H,13-14H2,1H3. The third-order valence-corrected chi connectivity index (χ3v) is 6.16. The van der Waals surface area contributed by atoms with Gasteiger partial charge in [0.2, 0.25) is 5.91 Å². The van der Waals surface area contributed by atoms with Crippen molar-refractivity contribution in [2.75, 3.05) is 4.90 Å². The second-order valence-electron chi connectivity index (χ2n) is 7.14. The first-order chi connectivity index (χ1) is 14.4. The van der Waals surface area contributed by atoms with Gasteiger partial charge in [-0.3, -0.25) is 14.4 Å². The number of aryl methyl sites for hydroxylation is 1. The molecule has 3 aromatic rings. The predicted molar refractivity (Wildman–Crippen MR) is 118 cm³/mol. The SMILES string of the molecule is Cc1ccc(C(=O)N(Cc2cccs2)C2CC(=O)N(c3ccc(Cl)cc3)C2=O)cc1. The first-order valence-corrected chi connectivity index (χ1v) is 10.7. The molecule has 2 heterocycles. The van der Waals surface area contributed by atoms with Gasteiger partial charge < -0.3 is 4.90 Å². The summed E-state index contributed by atoms with van der Waals surface area (Å²) in [6.07, 6.45) is -0.0512. The Labute approximate surface area is 183 Å². The normalized spacial score (nSPS) is 16.2. The summed E-state index contributed by atoms with van der Waals surface area (Å²) in [4.78, 5) is 42.9. The Bertz CT molecular complexity index is 1080. The van der Waals surface area contributed by atoms with Crippen molar-refractivity contribution < 1.29 is 14.4 Å². The molecular weight excluding hydrogens is 420 g/mol. The van der Waals surface area contributed by atoms with Crippen LogP contribution < -0.4 is 4.90 Å². The summed E-state index contributed by atoms with van der Waals surface area (Å²) < 4.78 is 0. The molecule has 0 aliphatic carbocycles. The minimum absolute atomic E-state index is 0.0512. The first-order valence-electron chi connectivity index (χ1n) is 9.46. The lowest BCUT2D eigenvalue weighted by Gasteiger charge is -2.27. The Kier molecular flexibility index (Phi) is 5.70. The highest BCUT2D eigenvalue weighted by Crippen LogP contribution is 2.29. The number of anilines is 1. The lowest BCUT2D eigenvalue weighted by Crippen LogP contribution is -2.45. The highest BCUT2D eigenvalue weighted by Gasteiger charge is 2.44. The summed E-state index contributed by atoms with van der Waals surface area (Å²) in [5.41, 5.74) is 1.98. The maximum Gasteiger partial charge on any atom is 0.257 e. The number of nitrogens with zero attached hydrogens (tertiary/aromatic N) is 2. The van der Waals surface area contributed by atoms with E-state index in [1.165, 1.54) is 16.2 Å². The van der Waals surface area contributed by atoms with Crippen LogP contribution in [0.4, 0.5) is 5.69 Å². The van der Waals surface area contributed by atoms with E-state index in [0.717, 1.165) is 15.3 Å². The fourth-order valence-electron chi connectivity index (χ4n) is 3.48. The highest BCUT2D eigenvalue weighted by atomic mass is 35.5. The van der Waals surface area contributed by atoms with E-state index >= 15 is 0 Å². The van der Waals surface area contributed by atoms with Crippen molar-refractivity contribution in [2.24, 2.45) is 0 Å². The third-order valence-electron chi connectivity index (χ3n) is 5.05. The summed E-state index contributed by atoms with van der Waals surface area (Å²) in [6, 6.07) is 16.7. The molecule has 4 rings (SSSR count). The summed E-state index contributed by atoms with van der Waals surface area (Å²) in [6.45, 7) is 2.21. The van der Waals surface area contributed by atoms with Crippen molar-refractivity contribution in [1.82, 2.24) is 4.90 Å². The maximum atomic E-state index is 13.3. The van der Waals surface area contributed by atoms with Gasteiger partial charge in [-0.05, 0) is 54.8 Å². The molecule has 30 heavy (non-hydrogen) atoms. The zero-order valence-corrected chi connectivity index (χ0v) is 17.8. The molecule has 1 saturated heterocycles. The van der Waals surface area contributed by atoms with Crippen LogP contribution in [0, 0.1) is 6.92 Å². The van der Waals surface area contributed by atoms with Gasteiger partial charge in [-0.25, -0.2) is 4.90 Å². The van der Waals surface area contributed by atoms with E-state index in [1.54, 1.807) is 36.4 Å². The number of imide groups is 1. The van der Waals surface area contributed by atoms with Crippen molar-refractivity contribution >= 4 is 46.3 Å². The average Bonchev–Trinajstić information content (AvgIpc) is 3.35. The summed E-state index contributed by atoms with van der Waals surface area (Å²) in [7, 11) is 0. The molecule has 3 amide bonds. The highest BCUT2D eigenvalue weighted by molar-refractivity contribution is 7.09. The number of hydrogen-bond acceptors (Lipinski definition) is 4. The molecule has 1 aromatic heterocycles. The monoisotopic (exact) mass is 438 g/mol. The topological polar surface area (TPSA) is 57.7 Å². The average molecular weight is 439 g/mol. The minimum Gasteiger partial charge on any atom is -0.321 e. The summed E-state index contributed by atoms with van der Waals surface area (Å²) >= 11 is 7.44. The molecule has 1 unspecified atom stereocenters. The van der Waals surface area contributed by atoms with E-state index < -0.39 is 11.9 Å². The number of carbonyl (C=O) groups excluding carboxylic acids is 3. The fourth-order valence-corrected chi connectivity index (χ4v) is 4.31. The van der Waals surface area contributed by atoms with Gasteiger partial charge in [0.15, 0.2) is 0 Å². The molecule has 1 atom stereocenters. The Balaban J connectivity index is 1.67. The van der Waals surface area contributed by atoms with Crippen molar-refractivity contribution in [3.8, 4) is 0 Å². The molecular formula is C23H19ClN2O3S. The molecule has 0 saturated carbocycles. The Morgan fingerprint density at radius 2 is 1.80 bits per heavy atom. The van der Waals surface area contributed by atoms with Gasteiger partial charge in [0.25, 0.3) is 11.8 Å². The Morgan fingerprint density at radius 1 is 1.10 bits per heavy atom. The van der Waals surface area contributed by atoms with E-state index in [9.17, 15) is 14.4 Å². The Hall–Kier alpha value is -2.96. The molecule has 0 radical (unpaired) electrons. The summed E-state index contributed by atoms with van der Waals surface area (Å²) in [5.74, 6) is -1.01. The number of amides is 3. The number of carbonyl (C=O) groups is 3. The molecule has 7 heteroatoms. The summed E-state index contributed by atoms with van der Waals surface area (Å²) in [5, 5.41) is 2.44. The molecule has 1 aliphatic rings. The van der Waals surface area contributed by atoms with Crippen molar-refractivity contribution in [3.05, 3.63) is 87.1 Å². The lowest BCUT2D eigenvalue weighted by molar-refractivity contribution is -0.122. The largest absolute Gasteiger partial charge is 0.321 e. The zero-order chi connectivity index (χ0) is 21.3. The molecule has 0 bridgehead atoms. The van der Waals surface area contributed by atoms with Gasteiger partial charge in [-0.15, -0.1) is 11.3 Å². The third kappa shape index (κ3) is 4.01. The smallest absolute Gasteiger partial charge is 0.257 e. The van der Waals surface area contributed by atoms with Crippen LogP contribution in [-0.4, -0.2) is 28.7 Å². The maximum absolute atomic E-state index is 13.3. The lowest BCUT2D eigenvalue weighted by atomic mass is 10.1. The van der Waals surface area contributed by atoms with Gasteiger partial charge in [0.05, 0.1) is 18.7 Å². The van der Waals surface area contributed by atoms with Crippen LogP contribution in [0.25, 0.3) is 0 Å². The van der Waals surface area contributed by atoms with Crippen LogP contribution >= 0.6 is 22.9 Å². The fraction of sp³-hybridized carbons (Fsp3) is 0.174. The first kappa shape index (κ1) is 20.3. The van der Waals surface area contributed by atoms with E-state index in [-0.39, 0.29) is 24.8 Å². The van der Waals surface area contributed by atoms with Crippen LogP contribution in [-0.2, 0) is 16.1 Å². The van der Waals surface area contributed by atoms with Crippen LogP contribution in [0.1, 0.15) is 27.2 Å². The molecule has 1 aliphatic heterocycles. The molecule has 0 N–H and O–H groups in total. The number of rotatable bonds is 5. The van der Waals surface area contributed by atoms with Crippen molar-refractivity contribution in [2.45, 2.75) is 25.9 Å². The molecule has 2 aromatic carbocycles. The van der Waals surface area contributed by atoms with E-state index in [0.29, 0.717) is 16.3 Å². The molecule has 1 fully saturated rings. The zero-order valence-electron chi connectivity index (χ0n) is 16.2. The van der Waals surface area contributed by atoms with E-state index in [1.807, 2.05) is 36.6 Å². The van der Waals surface area contributed by atoms with Gasteiger partial charge in [-0.2, -0.15) is 0 Å².